The lowest BCUT2D eigenvalue weighted by Gasteiger charge is -2.31. The molecular weight excluding hydrogens is 375 g/mol. The molecule has 1 N–H and O–H groups in total. The molecule has 0 radical (unpaired) electrons. The van der Waals surface area contributed by atoms with Gasteiger partial charge < -0.3 is 19.4 Å². The van der Waals surface area contributed by atoms with Crippen LogP contribution in [0.2, 0.25) is 0 Å². The van der Waals surface area contributed by atoms with Crippen LogP contribution in [0, 0.1) is 5.82 Å². The summed E-state index contributed by atoms with van der Waals surface area (Å²) in [5.74, 6) is 1.07. The van der Waals surface area contributed by atoms with Gasteiger partial charge in [0.25, 0.3) is 0 Å². The third kappa shape index (κ3) is 4.21. The third-order valence-electron chi connectivity index (χ3n) is 4.94. The highest BCUT2D eigenvalue weighted by Crippen LogP contribution is 2.29. The molecule has 7 nitrogen and oxygen atoms in total. The molecule has 1 aromatic heterocycles. The average molecular weight is 396 g/mol. The number of ether oxygens (including phenoxy) is 1. The van der Waals surface area contributed by atoms with Crippen molar-refractivity contribution >= 4 is 11.7 Å². The highest BCUT2D eigenvalue weighted by Gasteiger charge is 2.29. The lowest BCUT2D eigenvalue weighted by Crippen LogP contribution is -2.41. The van der Waals surface area contributed by atoms with Gasteiger partial charge in [0.15, 0.2) is 0 Å². The number of carbonyl (C=O) groups excluding carboxylic acids is 1. The molecule has 1 saturated heterocycles. The SMILES string of the molecule is COc1ccccc1NC(=O)N1CCCC(c2nnc(-c3ccc(F)cc3)o2)C1. The van der Waals surface area contributed by atoms with E-state index in [0.29, 0.717) is 41.9 Å². The Hall–Kier alpha value is -3.42. The lowest BCUT2D eigenvalue weighted by atomic mass is 9.98. The molecule has 29 heavy (non-hydrogen) atoms. The number of aromatic nitrogens is 2. The van der Waals surface area contributed by atoms with Crippen LogP contribution in [-0.4, -0.2) is 41.3 Å². The maximum Gasteiger partial charge on any atom is 0.321 e. The minimum atomic E-state index is -0.322. The van der Waals surface area contributed by atoms with E-state index in [1.54, 1.807) is 36.3 Å². The zero-order chi connectivity index (χ0) is 20.2. The molecule has 2 amide bonds. The van der Waals surface area contributed by atoms with Crippen molar-refractivity contribution in [3.8, 4) is 17.2 Å². The Morgan fingerprint density at radius 1 is 1.21 bits per heavy atom. The number of rotatable bonds is 4. The topological polar surface area (TPSA) is 80.5 Å². The molecule has 0 saturated carbocycles. The van der Waals surface area contributed by atoms with E-state index in [4.69, 9.17) is 9.15 Å². The van der Waals surface area contributed by atoms with Crippen LogP contribution in [0.4, 0.5) is 14.9 Å². The van der Waals surface area contributed by atoms with Crippen LogP contribution in [0.5, 0.6) is 5.75 Å². The predicted octanol–water partition coefficient (Wildman–Crippen LogP) is 4.30. The highest BCUT2D eigenvalue weighted by molar-refractivity contribution is 5.91. The number of amides is 2. The van der Waals surface area contributed by atoms with Gasteiger partial charge in [-0.05, 0) is 49.2 Å². The molecule has 1 aliphatic rings. The fraction of sp³-hybridized carbons (Fsp3) is 0.286. The Labute approximate surface area is 167 Å². The van der Waals surface area contributed by atoms with Crippen molar-refractivity contribution in [3.05, 3.63) is 60.2 Å². The van der Waals surface area contributed by atoms with Crippen LogP contribution >= 0.6 is 0 Å². The summed E-state index contributed by atoms with van der Waals surface area (Å²) in [7, 11) is 1.57. The molecule has 0 spiro atoms. The molecule has 0 bridgehead atoms. The molecule has 1 fully saturated rings. The van der Waals surface area contributed by atoms with Crippen LogP contribution in [0.15, 0.2) is 52.9 Å². The average Bonchev–Trinajstić information content (AvgIpc) is 3.25. The van der Waals surface area contributed by atoms with Crippen LogP contribution < -0.4 is 10.1 Å². The van der Waals surface area contributed by atoms with E-state index >= 15 is 0 Å². The quantitative estimate of drug-likeness (QED) is 0.711. The van der Waals surface area contributed by atoms with Gasteiger partial charge in [-0.2, -0.15) is 0 Å². The number of nitrogens with zero attached hydrogens (tertiary/aromatic N) is 3. The van der Waals surface area contributed by atoms with Crippen LogP contribution in [0.1, 0.15) is 24.7 Å². The largest absolute Gasteiger partial charge is 0.495 e. The smallest absolute Gasteiger partial charge is 0.321 e. The van der Waals surface area contributed by atoms with Crippen molar-refractivity contribution in [1.29, 1.82) is 0 Å². The van der Waals surface area contributed by atoms with Crippen molar-refractivity contribution in [3.63, 3.8) is 0 Å². The van der Waals surface area contributed by atoms with Crippen molar-refractivity contribution in [2.75, 3.05) is 25.5 Å². The minimum absolute atomic E-state index is 0.0473. The maximum atomic E-state index is 13.1. The zero-order valence-corrected chi connectivity index (χ0v) is 16.0. The van der Waals surface area contributed by atoms with Crippen LogP contribution in [-0.2, 0) is 0 Å². The first-order valence-corrected chi connectivity index (χ1v) is 9.42. The molecule has 1 unspecified atom stereocenters. The van der Waals surface area contributed by atoms with Crippen molar-refractivity contribution in [2.24, 2.45) is 0 Å². The van der Waals surface area contributed by atoms with Crippen LogP contribution in [0.25, 0.3) is 11.5 Å². The van der Waals surface area contributed by atoms with Crippen molar-refractivity contribution < 1.29 is 18.3 Å². The molecule has 3 aromatic rings. The Kier molecular flexibility index (Phi) is 5.41. The molecule has 2 heterocycles. The first kappa shape index (κ1) is 18.9. The Bertz CT molecular complexity index is 990. The predicted molar refractivity (Wildman–Crippen MR) is 105 cm³/mol. The van der Waals surface area contributed by atoms with Gasteiger partial charge in [-0.1, -0.05) is 12.1 Å². The molecule has 1 atom stereocenters. The number of carbonyl (C=O) groups is 1. The van der Waals surface area contributed by atoms with Gasteiger partial charge in [-0.15, -0.1) is 10.2 Å². The summed E-state index contributed by atoms with van der Waals surface area (Å²) in [5, 5.41) is 11.1. The Morgan fingerprint density at radius 2 is 2.00 bits per heavy atom. The molecule has 0 aliphatic carbocycles. The summed E-state index contributed by atoms with van der Waals surface area (Å²) < 4.78 is 24.2. The minimum Gasteiger partial charge on any atom is -0.495 e. The molecule has 8 heteroatoms. The summed E-state index contributed by atoms with van der Waals surface area (Å²) in [5.41, 5.74) is 1.28. The standard InChI is InChI=1S/C21H21FN4O3/c1-28-18-7-3-2-6-17(18)23-21(27)26-12-4-5-15(13-26)20-25-24-19(29-20)14-8-10-16(22)11-9-14/h2-3,6-11,15H,4-5,12-13H2,1H3,(H,23,27). The Morgan fingerprint density at radius 3 is 2.79 bits per heavy atom. The zero-order valence-electron chi connectivity index (χ0n) is 16.0. The summed E-state index contributed by atoms with van der Waals surface area (Å²) in [6.45, 7) is 1.13. The number of methoxy groups -OCH3 is 1. The number of hydrogen-bond acceptors (Lipinski definition) is 5. The number of hydrogen-bond donors (Lipinski definition) is 1. The molecule has 150 valence electrons. The number of anilines is 1. The number of para-hydroxylation sites is 2. The van der Waals surface area contributed by atoms with Gasteiger partial charge in [0.05, 0.1) is 18.7 Å². The normalized spacial score (nSPS) is 16.5. The van der Waals surface area contributed by atoms with E-state index in [2.05, 4.69) is 15.5 Å². The highest BCUT2D eigenvalue weighted by atomic mass is 19.1. The fourth-order valence-corrected chi connectivity index (χ4v) is 3.41. The maximum absolute atomic E-state index is 13.1. The molecular formula is C21H21FN4O3. The second-order valence-corrected chi connectivity index (χ2v) is 6.87. The van der Waals surface area contributed by atoms with Gasteiger partial charge in [0.1, 0.15) is 11.6 Å². The van der Waals surface area contributed by atoms with E-state index < -0.39 is 0 Å². The second-order valence-electron chi connectivity index (χ2n) is 6.87. The monoisotopic (exact) mass is 396 g/mol. The van der Waals surface area contributed by atoms with Crippen molar-refractivity contribution in [2.45, 2.75) is 18.8 Å². The van der Waals surface area contributed by atoms with Gasteiger partial charge in [-0.3, -0.25) is 0 Å². The first-order valence-electron chi connectivity index (χ1n) is 9.42. The lowest BCUT2D eigenvalue weighted by molar-refractivity contribution is 0.187. The number of halogens is 1. The summed E-state index contributed by atoms with van der Waals surface area (Å²) in [4.78, 5) is 14.5. The summed E-state index contributed by atoms with van der Waals surface area (Å²) >= 11 is 0. The van der Waals surface area contributed by atoms with E-state index in [1.165, 1.54) is 12.1 Å². The van der Waals surface area contributed by atoms with Gasteiger partial charge in [0.2, 0.25) is 11.8 Å². The summed E-state index contributed by atoms with van der Waals surface area (Å²) in [6.07, 6.45) is 1.68. The second kappa shape index (κ2) is 8.30. The Balaban J connectivity index is 1.44. The van der Waals surface area contributed by atoms with E-state index in [-0.39, 0.29) is 17.8 Å². The molecule has 1 aliphatic heterocycles. The van der Waals surface area contributed by atoms with E-state index in [9.17, 15) is 9.18 Å². The number of benzene rings is 2. The fourth-order valence-electron chi connectivity index (χ4n) is 3.41. The number of piperidine rings is 1. The molecule has 2 aromatic carbocycles. The third-order valence-corrected chi connectivity index (χ3v) is 4.94. The number of likely N-dealkylation sites (tertiary alicyclic amines) is 1. The van der Waals surface area contributed by atoms with Crippen molar-refractivity contribution in [1.82, 2.24) is 15.1 Å². The first-order chi connectivity index (χ1) is 14.1. The van der Waals surface area contributed by atoms with Crippen LogP contribution in [0.3, 0.4) is 0 Å². The van der Waals surface area contributed by atoms with Gasteiger partial charge in [-0.25, -0.2) is 9.18 Å². The summed E-state index contributed by atoms with van der Waals surface area (Å²) in [6, 6.07) is 13.0. The van der Waals surface area contributed by atoms with E-state index in [1.807, 2.05) is 12.1 Å². The number of urea groups is 1. The molecule has 4 rings (SSSR count). The van der Waals surface area contributed by atoms with Gasteiger partial charge >= 0.3 is 6.03 Å². The number of nitrogens with one attached hydrogen (secondary N) is 1. The van der Waals surface area contributed by atoms with Gasteiger partial charge in [0, 0.05) is 18.7 Å². The van der Waals surface area contributed by atoms with E-state index in [0.717, 1.165) is 12.8 Å².